The zero-order valence-electron chi connectivity index (χ0n) is 21.1. The van der Waals surface area contributed by atoms with E-state index in [1.165, 1.54) is 0 Å². The molecule has 9 N–H and O–H groups in total. The summed E-state index contributed by atoms with van der Waals surface area (Å²) in [5, 5.41) is 91.6. The topological polar surface area (TPSA) is 236 Å². The average molecular weight is 549 g/mol. The number of ketones is 1. The summed E-state index contributed by atoms with van der Waals surface area (Å²) in [4.78, 5) is 13.1. The molecule has 2 aliphatic rings. The molecule has 1 aromatic rings. The van der Waals surface area contributed by atoms with Crippen LogP contribution in [0, 0.1) is 11.8 Å². The summed E-state index contributed by atoms with van der Waals surface area (Å²) < 4.78 is 21.8. The number of carbonyl (C=O) groups excluding carboxylic acids is 1. The molecule has 216 valence electrons. The SMILES string of the molecule is CC(C)CC(=O)c1c(OC2OC(CO)C(C)C(O)C2O)cc(O)c(OC2OC(CO)C(O)C(O)C2O)c1O. The molecule has 3 rings (SSSR count). The van der Waals surface area contributed by atoms with Crippen molar-refractivity contribution in [3.8, 4) is 23.0 Å². The lowest BCUT2D eigenvalue weighted by molar-refractivity contribution is -0.277. The van der Waals surface area contributed by atoms with Gasteiger partial charge in [0.25, 0.3) is 0 Å². The van der Waals surface area contributed by atoms with E-state index in [-0.39, 0.29) is 12.3 Å². The second kappa shape index (κ2) is 12.3. The van der Waals surface area contributed by atoms with E-state index in [2.05, 4.69) is 0 Å². The highest BCUT2D eigenvalue weighted by molar-refractivity contribution is 6.02. The van der Waals surface area contributed by atoms with E-state index in [0.717, 1.165) is 6.07 Å². The number of phenolic OH excluding ortho intramolecular Hbond substituents is 2. The Morgan fingerprint density at radius 1 is 0.868 bits per heavy atom. The van der Waals surface area contributed by atoms with Crippen LogP contribution in [0.5, 0.6) is 23.0 Å². The molecule has 0 bridgehead atoms. The van der Waals surface area contributed by atoms with E-state index in [9.17, 15) is 50.8 Å². The summed E-state index contributed by atoms with van der Waals surface area (Å²) in [6.07, 6.45) is -14.1. The van der Waals surface area contributed by atoms with Crippen LogP contribution in [0.15, 0.2) is 6.07 Å². The Morgan fingerprint density at radius 3 is 2.00 bits per heavy atom. The lowest BCUT2D eigenvalue weighted by atomic mass is 9.91. The number of hydrogen-bond donors (Lipinski definition) is 9. The number of aliphatic hydroxyl groups is 7. The van der Waals surface area contributed by atoms with Crippen LogP contribution in [0.2, 0.25) is 0 Å². The van der Waals surface area contributed by atoms with Crippen molar-refractivity contribution >= 4 is 5.78 Å². The molecule has 14 nitrogen and oxygen atoms in total. The monoisotopic (exact) mass is 548 g/mol. The van der Waals surface area contributed by atoms with Crippen molar-refractivity contribution in [2.45, 2.75) is 82.5 Å². The zero-order valence-corrected chi connectivity index (χ0v) is 21.1. The number of phenols is 2. The van der Waals surface area contributed by atoms with Gasteiger partial charge in [0.1, 0.15) is 41.8 Å². The number of aromatic hydroxyl groups is 2. The Balaban J connectivity index is 2.00. The third-order valence-corrected chi connectivity index (χ3v) is 6.64. The highest BCUT2D eigenvalue weighted by Gasteiger charge is 2.46. The van der Waals surface area contributed by atoms with Gasteiger partial charge < -0.3 is 64.9 Å². The minimum atomic E-state index is -1.87. The average Bonchev–Trinajstić information content (AvgIpc) is 2.86. The molecule has 10 atom stereocenters. The first-order chi connectivity index (χ1) is 17.8. The fourth-order valence-corrected chi connectivity index (χ4v) is 4.35. The predicted octanol–water partition coefficient (Wildman–Crippen LogP) is -2.04. The molecule has 0 aromatic heterocycles. The second-order valence-electron chi connectivity index (χ2n) is 9.97. The van der Waals surface area contributed by atoms with Crippen molar-refractivity contribution in [3.05, 3.63) is 11.6 Å². The van der Waals surface area contributed by atoms with E-state index in [1.54, 1.807) is 20.8 Å². The summed E-state index contributed by atoms with van der Waals surface area (Å²) in [6, 6.07) is 0.876. The molecule has 0 amide bonds. The first-order valence-electron chi connectivity index (χ1n) is 12.2. The van der Waals surface area contributed by atoms with Crippen LogP contribution < -0.4 is 9.47 Å². The van der Waals surface area contributed by atoms with Crippen LogP contribution in [0.25, 0.3) is 0 Å². The molecule has 0 saturated carbocycles. The van der Waals surface area contributed by atoms with Gasteiger partial charge in [0.05, 0.1) is 25.4 Å². The number of ether oxygens (including phenoxy) is 4. The minimum absolute atomic E-state index is 0.0960. The van der Waals surface area contributed by atoms with E-state index < -0.39 is 109 Å². The van der Waals surface area contributed by atoms with Gasteiger partial charge in [0.2, 0.25) is 18.3 Å². The van der Waals surface area contributed by atoms with Crippen molar-refractivity contribution in [1.82, 2.24) is 0 Å². The van der Waals surface area contributed by atoms with Gasteiger partial charge in [-0.2, -0.15) is 0 Å². The van der Waals surface area contributed by atoms with E-state index in [4.69, 9.17) is 18.9 Å². The Morgan fingerprint density at radius 2 is 1.42 bits per heavy atom. The standard InChI is InChI=1S/C24H36O14/c1-8(2)4-10(27)15-12(35-23-20(33)16(29)9(3)13(6-25)36-23)5-11(28)22(18(15)31)38-24-21(34)19(32)17(30)14(7-26)37-24/h5,8-9,13-14,16-17,19-21,23-26,28-34H,4,6-7H2,1-3H3. The van der Waals surface area contributed by atoms with Gasteiger partial charge in [0.15, 0.2) is 17.3 Å². The molecule has 2 aliphatic heterocycles. The first kappa shape index (κ1) is 30.3. The molecule has 14 heteroatoms. The van der Waals surface area contributed by atoms with Gasteiger partial charge in [-0.1, -0.05) is 20.8 Å². The molecule has 0 spiro atoms. The lowest BCUT2D eigenvalue weighted by Crippen LogP contribution is -2.60. The largest absolute Gasteiger partial charge is 0.504 e. The second-order valence-corrected chi connectivity index (χ2v) is 9.97. The molecule has 1 aromatic carbocycles. The third kappa shape index (κ3) is 5.98. The van der Waals surface area contributed by atoms with Gasteiger partial charge in [0, 0.05) is 18.4 Å². The Labute approximate surface area is 218 Å². The fraction of sp³-hybridized carbons (Fsp3) is 0.708. The van der Waals surface area contributed by atoms with Gasteiger partial charge in [-0.05, 0) is 5.92 Å². The molecule has 0 radical (unpaired) electrons. The number of rotatable bonds is 9. The smallest absolute Gasteiger partial charge is 0.229 e. The van der Waals surface area contributed by atoms with Crippen LogP contribution in [0.4, 0.5) is 0 Å². The number of Topliss-reactive ketones (excluding diaryl/α,β-unsaturated/α-hetero) is 1. The summed E-state index contributed by atoms with van der Waals surface area (Å²) in [6.45, 7) is 3.76. The molecular formula is C24H36O14. The number of benzene rings is 1. The van der Waals surface area contributed by atoms with Crippen molar-refractivity contribution < 1.29 is 69.7 Å². The van der Waals surface area contributed by atoms with E-state index >= 15 is 0 Å². The quantitative estimate of drug-likeness (QED) is 0.151. The molecule has 2 heterocycles. The summed E-state index contributed by atoms with van der Waals surface area (Å²) >= 11 is 0. The van der Waals surface area contributed by atoms with Crippen molar-refractivity contribution in [2.24, 2.45) is 11.8 Å². The number of aliphatic hydroxyl groups excluding tert-OH is 7. The van der Waals surface area contributed by atoms with Gasteiger partial charge >= 0.3 is 0 Å². The molecule has 38 heavy (non-hydrogen) atoms. The summed E-state index contributed by atoms with van der Waals surface area (Å²) in [5.74, 6) is -4.42. The Bertz CT molecular complexity index is 966. The molecule has 2 saturated heterocycles. The van der Waals surface area contributed by atoms with Crippen LogP contribution in [0.1, 0.15) is 37.6 Å². The van der Waals surface area contributed by atoms with Crippen LogP contribution in [0.3, 0.4) is 0 Å². The predicted molar refractivity (Wildman–Crippen MR) is 126 cm³/mol. The molecule has 10 unspecified atom stereocenters. The van der Waals surface area contributed by atoms with Crippen molar-refractivity contribution in [3.63, 3.8) is 0 Å². The van der Waals surface area contributed by atoms with E-state index in [1.807, 2.05) is 0 Å². The zero-order chi connectivity index (χ0) is 28.5. The van der Waals surface area contributed by atoms with Crippen molar-refractivity contribution in [1.29, 1.82) is 0 Å². The van der Waals surface area contributed by atoms with Crippen molar-refractivity contribution in [2.75, 3.05) is 13.2 Å². The lowest BCUT2D eigenvalue weighted by Gasteiger charge is -2.41. The summed E-state index contributed by atoms with van der Waals surface area (Å²) in [5.41, 5.74) is -0.486. The Kier molecular flexibility index (Phi) is 9.78. The maximum Gasteiger partial charge on any atom is 0.229 e. The summed E-state index contributed by atoms with van der Waals surface area (Å²) in [7, 11) is 0. The minimum Gasteiger partial charge on any atom is -0.504 e. The Hall–Kier alpha value is -2.27. The number of carbonyl (C=O) groups is 1. The maximum atomic E-state index is 13.1. The highest BCUT2D eigenvalue weighted by Crippen LogP contribution is 2.46. The maximum absolute atomic E-state index is 13.1. The van der Waals surface area contributed by atoms with Gasteiger partial charge in [-0.3, -0.25) is 4.79 Å². The fourth-order valence-electron chi connectivity index (χ4n) is 4.35. The number of hydrogen-bond acceptors (Lipinski definition) is 14. The third-order valence-electron chi connectivity index (χ3n) is 6.64. The molecule has 2 fully saturated rings. The highest BCUT2D eigenvalue weighted by atomic mass is 16.7. The van der Waals surface area contributed by atoms with Crippen LogP contribution >= 0.6 is 0 Å². The van der Waals surface area contributed by atoms with Crippen LogP contribution in [-0.4, -0.2) is 120 Å². The first-order valence-corrected chi connectivity index (χ1v) is 12.2. The normalized spacial score (nSPS) is 35.8. The van der Waals surface area contributed by atoms with E-state index in [0.29, 0.717) is 0 Å². The van der Waals surface area contributed by atoms with Gasteiger partial charge in [-0.15, -0.1) is 0 Å². The van der Waals surface area contributed by atoms with Crippen LogP contribution in [-0.2, 0) is 9.47 Å². The molecular weight excluding hydrogens is 512 g/mol. The van der Waals surface area contributed by atoms with Gasteiger partial charge in [-0.25, -0.2) is 0 Å². The molecule has 0 aliphatic carbocycles.